The molecule has 0 fully saturated rings. The molecule has 4 nitrogen and oxygen atoms in total. The lowest BCUT2D eigenvalue weighted by Gasteiger charge is -1.98. The molecule has 6 heteroatoms. The molecule has 0 unspecified atom stereocenters. The highest BCUT2D eigenvalue weighted by Gasteiger charge is 2.10. The maximum Gasteiger partial charge on any atom is 0.258 e. The Bertz CT molecular complexity index is 694. The van der Waals surface area contributed by atoms with Crippen molar-refractivity contribution in [1.29, 1.82) is 0 Å². The summed E-state index contributed by atoms with van der Waals surface area (Å²) in [6.07, 6.45) is 0.671. The lowest BCUT2D eigenvalue weighted by molar-refractivity contribution is 0.424. The number of hydrogen-bond acceptors (Lipinski definition) is 5. The van der Waals surface area contributed by atoms with Crippen LogP contribution in [0, 0.1) is 0 Å². The first-order valence-electron chi connectivity index (χ1n) is 5.63. The van der Waals surface area contributed by atoms with Crippen LogP contribution in [0.3, 0.4) is 0 Å². The Morgan fingerprint density at radius 2 is 2.21 bits per heavy atom. The van der Waals surface area contributed by atoms with Crippen molar-refractivity contribution in [2.75, 3.05) is 5.73 Å². The fourth-order valence-corrected chi connectivity index (χ4v) is 2.51. The van der Waals surface area contributed by atoms with E-state index in [9.17, 15) is 0 Å². The minimum atomic E-state index is 0.454. The lowest BCUT2D eigenvalue weighted by Crippen LogP contribution is -1.89. The highest BCUT2D eigenvalue weighted by molar-refractivity contribution is 7.09. The van der Waals surface area contributed by atoms with E-state index in [0.717, 1.165) is 5.56 Å². The summed E-state index contributed by atoms with van der Waals surface area (Å²) in [5.74, 6) is 1.11. The van der Waals surface area contributed by atoms with Gasteiger partial charge in [0.15, 0.2) is 5.82 Å². The Morgan fingerprint density at radius 1 is 1.32 bits per heavy atom. The van der Waals surface area contributed by atoms with Crippen LogP contribution in [0.4, 0.5) is 5.69 Å². The number of benzene rings is 1. The highest BCUT2D eigenvalue weighted by Crippen LogP contribution is 2.26. The molecule has 3 aromatic rings. The van der Waals surface area contributed by atoms with Crippen LogP contribution in [-0.4, -0.2) is 10.1 Å². The van der Waals surface area contributed by atoms with Crippen LogP contribution >= 0.6 is 22.9 Å². The maximum absolute atomic E-state index is 5.88. The van der Waals surface area contributed by atoms with Crippen LogP contribution in [0.1, 0.15) is 10.7 Å². The molecule has 1 aromatic carbocycles. The van der Waals surface area contributed by atoms with Crippen LogP contribution in [-0.2, 0) is 6.42 Å². The molecule has 19 heavy (non-hydrogen) atoms. The molecule has 0 saturated carbocycles. The molecular formula is C13H10ClN3OS. The second-order valence-corrected chi connectivity index (χ2v) is 5.45. The highest BCUT2D eigenvalue weighted by atomic mass is 35.5. The van der Waals surface area contributed by atoms with Crippen molar-refractivity contribution in [1.82, 2.24) is 10.1 Å². The average molecular weight is 292 g/mol. The third-order valence-electron chi connectivity index (χ3n) is 2.62. The van der Waals surface area contributed by atoms with Crippen LogP contribution in [0.15, 0.2) is 40.2 Å². The monoisotopic (exact) mass is 291 g/mol. The Hall–Kier alpha value is -1.85. The molecule has 0 aliphatic rings. The van der Waals surface area contributed by atoms with Gasteiger partial charge in [0.25, 0.3) is 5.89 Å². The van der Waals surface area contributed by atoms with E-state index < -0.39 is 0 Å². The van der Waals surface area contributed by atoms with E-state index in [0.29, 0.717) is 28.8 Å². The predicted octanol–water partition coefficient (Wildman–Crippen LogP) is 3.62. The van der Waals surface area contributed by atoms with Gasteiger partial charge in [-0.1, -0.05) is 22.8 Å². The molecule has 0 amide bonds. The smallest absolute Gasteiger partial charge is 0.258 e. The van der Waals surface area contributed by atoms with Crippen LogP contribution in [0.25, 0.3) is 11.5 Å². The number of nitrogens with two attached hydrogens (primary N) is 1. The number of nitrogens with zero attached hydrogens (tertiary/aromatic N) is 2. The fraction of sp³-hybridized carbons (Fsp3) is 0.0769. The Morgan fingerprint density at radius 3 is 2.95 bits per heavy atom. The van der Waals surface area contributed by atoms with Gasteiger partial charge in [-0.15, -0.1) is 11.3 Å². The summed E-state index contributed by atoms with van der Waals surface area (Å²) in [6.45, 7) is 0. The van der Waals surface area contributed by atoms with Crippen molar-refractivity contribution in [3.8, 4) is 11.5 Å². The predicted molar refractivity (Wildman–Crippen MR) is 76.3 cm³/mol. The van der Waals surface area contributed by atoms with Crippen molar-refractivity contribution in [2.45, 2.75) is 6.42 Å². The topological polar surface area (TPSA) is 64.9 Å². The molecule has 0 aliphatic carbocycles. The summed E-state index contributed by atoms with van der Waals surface area (Å²) in [6, 6.07) is 9.29. The zero-order chi connectivity index (χ0) is 13.2. The van der Waals surface area contributed by atoms with Crippen molar-refractivity contribution < 1.29 is 4.52 Å². The van der Waals surface area contributed by atoms with E-state index in [-0.39, 0.29) is 0 Å². The van der Waals surface area contributed by atoms with Gasteiger partial charge in [-0.25, -0.2) is 0 Å². The largest absolute Gasteiger partial charge is 0.398 e. The molecule has 2 aromatic heterocycles. The third kappa shape index (κ3) is 2.62. The second-order valence-electron chi connectivity index (χ2n) is 4.01. The molecule has 0 bridgehead atoms. The molecule has 0 spiro atoms. The van der Waals surface area contributed by atoms with Crippen molar-refractivity contribution in [3.05, 3.63) is 51.4 Å². The molecule has 0 aliphatic heterocycles. The zero-order valence-electron chi connectivity index (χ0n) is 9.84. The van der Waals surface area contributed by atoms with Crippen LogP contribution in [0.5, 0.6) is 0 Å². The first-order chi connectivity index (χ1) is 9.22. The normalized spacial score (nSPS) is 10.8. The Labute approximate surface area is 118 Å². The SMILES string of the molecule is Nc1cc(-c2nc(Cc3cccs3)no2)ccc1Cl. The Kier molecular flexibility index (Phi) is 3.23. The average Bonchev–Trinajstić information content (AvgIpc) is 3.05. The van der Waals surface area contributed by atoms with Gasteiger partial charge >= 0.3 is 0 Å². The first-order valence-corrected chi connectivity index (χ1v) is 6.88. The number of hydrogen-bond donors (Lipinski definition) is 1. The number of anilines is 1. The van der Waals surface area contributed by atoms with Gasteiger partial charge in [0.1, 0.15) is 0 Å². The van der Waals surface area contributed by atoms with Gasteiger partial charge in [-0.3, -0.25) is 0 Å². The van der Waals surface area contributed by atoms with Crippen LogP contribution < -0.4 is 5.73 Å². The summed E-state index contributed by atoms with van der Waals surface area (Å²) in [5, 5.41) is 6.51. The number of halogens is 1. The molecule has 2 heterocycles. The standard InChI is InChI=1S/C13H10ClN3OS/c14-10-4-3-8(6-11(10)15)13-16-12(17-18-13)7-9-2-1-5-19-9/h1-6H,7,15H2. The van der Waals surface area contributed by atoms with Crippen molar-refractivity contribution in [2.24, 2.45) is 0 Å². The van der Waals surface area contributed by atoms with E-state index >= 15 is 0 Å². The minimum absolute atomic E-state index is 0.454. The van der Waals surface area contributed by atoms with E-state index in [4.69, 9.17) is 21.9 Å². The summed E-state index contributed by atoms with van der Waals surface area (Å²) >= 11 is 7.55. The first kappa shape index (κ1) is 12.2. The molecular weight excluding hydrogens is 282 g/mol. The number of rotatable bonds is 3. The summed E-state index contributed by atoms with van der Waals surface area (Å²) in [7, 11) is 0. The van der Waals surface area contributed by atoms with Gasteiger partial charge < -0.3 is 10.3 Å². The van der Waals surface area contributed by atoms with E-state index in [2.05, 4.69) is 10.1 Å². The molecule has 0 saturated heterocycles. The maximum atomic E-state index is 5.88. The fourth-order valence-electron chi connectivity index (χ4n) is 1.69. The number of nitrogen functional groups attached to an aromatic ring is 1. The molecule has 3 rings (SSSR count). The Balaban J connectivity index is 1.86. The number of thiophene rings is 1. The van der Waals surface area contributed by atoms with Gasteiger partial charge in [0.2, 0.25) is 0 Å². The van der Waals surface area contributed by atoms with E-state index in [1.165, 1.54) is 4.88 Å². The van der Waals surface area contributed by atoms with Crippen molar-refractivity contribution in [3.63, 3.8) is 0 Å². The summed E-state index contributed by atoms with van der Waals surface area (Å²) in [4.78, 5) is 5.55. The molecule has 0 radical (unpaired) electrons. The van der Waals surface area contributed by atoms with E-state index in [1.807, 2.05) is 17.5 Å². The molecule has 0 atom stereocenters. The lowest BCUT2D eigenvalue weighted by atomic mass is 10.2. The van der Waals surface area contributed by atoms with Gasteiger partial charge in [0, 0.05) is 16.9 Å². The number of aromatic nitrogens is 2. The molecule has 2 N–H and O–H groups in total. The third-order valence-corrected chi connectivity index (χ3v) is 3.84. The summed E-state index contributed by atoms with van der Waals surface area (Å²) in [5.41, 5.74) is 7.02. The summed E-state index contributed by atoms with van der Waals surface area (Å²) < 4.78 is 5.24. The molecule has 96 valence electrons. The van der Waals surface area contributed by atoms with Crippen LogP contribution in [0.2, 0.25) is 5.02 Å². The van der Waals surface area contributed by atoms with Gasteiger partial charge in [-0.2, -0.15) is 4.98 Å². The quantitative estimate of drug-likeness (QED) is 0.749. The van der Waals surface area contributed by atoms with Gasteiger partial charge in [0.05, 0.1) is 10.7 Å². The van der Waals surface area contributed by atoms with E-state index in [1.54, 1.807) is 29.5 Å². The second kappa shape index (κ2) is 5.03. The zero-order valence-corrected chi connectivity index (χ0v) is 11.4. The van der Waals surface area contributed by atoms with Gasteiger partial charge in [-0.05, 0) is 29.6 Å². The minimum Gasteiger partial charge on any atom is -0.398 e. The van der Waals surface area contributed by atoms with Crippen molar-refractivity contribution >= 4 is 28.6 Å².